The van der Waals surface area contributed by atoms with Crippen LogP contribution in [0.3, 0.4) is 0 Å². The quantitative estimate of drug-likeness (QED) is 0.669. The molecule has 0 saturated carbocycles. The van der Waals surface area contributed by atoms with E-state index in [4.69, 9.17) is 4.74 Å². The maximum absolute atomic E-state index is 13.2. The molecular weight excluding hydrogens is 366 g/mol. The summed E-state index contributed by atoms with van der Waals surface area (Å²) in [6.45, 7) is 2.40. The molecule has 7 nitrogen and oxygen atoms in total. The van der Waals surface area contributed by atoms with E-state index in [9.17, 15) is 4.79 Å². The summed E-state index contributed by atoms with van der Waals surface area (Å²) in [6, 6.07) is 13.4. The Bertz CT molecular complexity index is 908. The number of urea groups is 1. The minimum atomic E-state index is -0.141. The van der Waals surface area contributed by atoms with Gasteiger partial charge in [0.1, 0.15) is 0 Å². The molecule has 1 saturated heterocycles. The van der Waals surface area contributed by atoms with Gasteiger partial charge in [0.05, 0.1) is 12.6 Å². The summed E-state index contributed by atoms with van der Waals surface area (Å²) >= 11 is 0. The summed E-state index contributed by atoms with van der Waals surface area (Å²) in [7, 11) is 0. The first-order valence-corrected chi connectivity index (χ1v) is 9.90. The van der Waals surface area contributed by atoms with Crippen molar-refractivity contribution in [1.29, 1.82) is 0 Å². The highest BCUT2D eigenvalue weighted by Gasteiger charge is 2.23. The van der Waals surface area contributed by atoms with E-state index in [1.54, 1.807) is 23.5 Å². The van der Waals surface area contributed by atoms with Crippen molar-refractivity contribution in [3.8, 4) is 0 Å². The van der Waals surface area contributed by atoms with Gasteiger partial charge in [0.15, 0.2) is 0 Å². The van der Waals surface area contributed by atoms with E-state index < -0.39 is 0 Å². The fourth-order valence-corrected chi connectivity index (χ4v) is 3.51. The Balaban J connectivity index is 1.50. The van der Waals surface area contributed by atoms with Crippen molar-refractivity contribution in [1.82, 2.24) is 19.7 Å². The molecule has 29 heavy (non-hydrogen) atoms. The highest BCUT2D eigenvalue weighted by molar-refractivity contribution is 5.90. The number of pyridine rings is 1. The third-order valence-electron chi connectivity index (χ3n) is 4.98. The predicted octanol–water partition coefficient (Wildman–Crippen LogP) is 3.54. The summed E-state index contributed by atoms with van der Waals surface area (Å²) in [5.74, 6) is 0. The molecule has 1 aliphatic rings. The van der Waals surface area contributed by atoms with Gasteiger partial charge in [0.2, 0.25) is 0 Å². The van der Waals surface area contributed by atoms with Crippen molar-refractivity contribution in [2.24, 2.45) is 0 Å². The Morgan fingerprint density at radius 2 is 2.14 bits per heavy atom. The first-order chi connectivity index (χ1) is 14.3. The molecule has 1 N–H and O–H groups in total. The van der Waals surface area contributed by atoms with E-state index >= 15 is 0 Å². The molecule has 3 aromatic rings. The van der Waals surface area contributed by atoms with E-state index in [-0.39, 0.29) is 12.1 Å². The molecular formula is C22H25N5O2. The Morgan fingerprint density at radius 3 is 2.90 bits per heavy atom. The van der Waals surface area contributed by atoms with Crippen LogP contribution in [0.4, 0.5) is 10.5 Å². The Labute approximate surface area is 170 Å². The highest BCUT2D eigenvalue weighted by atomic mass is 16.5. The first-order valence-electron chi connectivity index (χ1n) is 9.90. The molecule has 150 valence electrons. The maximum atomic E-state index is 13.2. The van der Waals surface area contributed by atoms with Crippen LogP contribution in [-0.4, -0.2) is 45.0 Å². The number of para-hydroxylation sites is 1. The third kappa shape index (κ3) is 5.20. The molecule has 1 aliphatic heterocycles. The van der Waals surface area contributed by atoms with Crippen LogP contribution in [0.1, 0.15) is 24.0 Å². The summed E-state index contributed by atoms with van der Waals surface area (Å²) in [5.41, 5.74) is 2.78. The average Bonchev–Trinajstić information content (AvgIpc) is 3.44. The van der Waals surface area contributed by atoms with Crippen molar-refractivity contribution in [2.45, 2.75) is 32.0 Å². The van der Waals surface area contributed by atoms with Gasteiger partial charge in [0, 0.05) is 50.2 Å². The summed E-state index contributed by atoms with van der Waals surface area (Å²) in [5, 5.41) is 7.35. The van der Waals surface area contributed by atoms with Gasteiger partial charge in [-0.05, 0) is 42.2 Å². The SMILES string of the molecule is O=C(Nc1ccccc1Cn1cccn1)N(Cc1cccnc1)C[C@H]1CCCO1. The van der Waals surface area contributed by atoms with Crippen LogP contribution in [0.15, 0.2) is 67.3 Å². The predicted molar refractivity (Wildman–Crippen MR) is 110 cm³/mol. The number of anilines is 1. The number of carbonyl (C=O) groups is 1. The summed E-state index contributed by atoms with van der Waals surface area (Å²) in [4.78, 5) is 19.1. The van der Waals surface area contributed by atoms with Gasteiger partial charge in [-0.3, -0.25) is 9.67 Å². The van der Waals surface area contributed by atoms with Gasteiger partial charge in [0.25, 0.3) is 0 Å². The van der Waals surface area contributed by atoms with Crippen molar-refractivity contribution >= 4 is 11.7 Å². The number of hydrogen-bond donors (Lipinski definition) is 1. The second kappa shape index (κ2) is 9.34. The monoisotopic (exact) mass is 391 g/mol. The minimum Gasteiger partial charge on any atom is -0.376 e. The van der Waals surface area contributed by atoms with Crippen LogP contribution >= 0.6 is 0 Å². The molecule has 2 amide bonds. The summed E-state index contributed by atoms with van der Waals surface area (Å²) in [6.07, 6.45) is 9.29. The number of nitrogens with zero attached hydrogens (tertiary/aromatic N) is 4. The minimum absolute atomic E-state index is 0.0803. The average molecular weight is 391 g/mol. The van der Waals surface area contributed by atoms with Gasteiger partial charge < -0.3 is 15.0 Å². The van der Waals surface area contributed by atoms with Crippen LogP contribution in [0.2, 0.25) is 0 Å². The fourth-order valence-electron chi connectivity index (χ4n) is 3.51. The van der Waals surface area contributed by atoms with Crippen LogP contribution in [0, 0.1) is 0 Å². The van der Waals surface area contributed by atoms with Crippen LogP contribution in [0.5, 0.6) is 0 Å². The van der Waals surface area contributed by atoms with Crippen molar-refractivity contribution in [3.63, 3.8) is 0 Å². The first kappa shape index (κ1) is 19.1. The summed E-state index contributed by atoms with van der Waals surface area (Å²) < 4.78 is 7.60. The maximum Gasteiger partial charge on any atom is 0.322 e. The fraction of sp³-hybridized carbons (Fsp3) is 0.318. The molecule has 0 spiro atoms. The van der Waals surface area contributed by atoms with Gasteiger partial charge >= 0.3 is 6.03 Å². The zero-order valence-corrected chi connectivity index (χ0v) is 16.3. The molecule has 0 bridgehead atoms. The number of hydrogen-bond acceptors (Lipinski definition) is 4. The highest BCUT2D eigenvalue weighted by Crippen LogP contribution is 2.19. The van der Waals surface area contributed by atoms with Gasteiger partial charge in [-0.2, -0.15) is 5.10 Å². The lowest BCUT2D eigenvalue weighted by Crippen LogP contribution is -2.39. The number of carbonyl (C=O) groups excluding carboxylic acids is 1. The lowest BCUT2D eigenvalue weighted by atomic mass is 10.1. The normalized spacial score (nSPS) is 15.9. The number of aromatic nitrogens is 3. The number of ether oxygens (including phenoxy) is 1. The van der Waals surface area contributed by atoms with E-state index in [2.05, 4.69) is 15.4 Å². The van der Waals surface area contributed by atoms with Crippen molar-refractivity contribution in [2.75, 3.05) is 18.5 Å². The Kier molecular flexibility index (Phi) is 6.16. The molecule has 1 aromatic carbocycles. The molecule has 4 rings (SSSR count). The Morgan fingerprint density at radius 1 is 1.21 bits per heavy atom. The number of amides is 2. The van der Waals surface area contributed by atoms with Crippen LogP contribution < -0.4 is 5.32 Å². The van der Waals surface area contributed by atoms with Gasteiger partial charge in [-0.1, -0.05) is 24.3 Å². The van der Waals surface area contributed by atoms with Gasteiger partial charge in [-0.15, -0.1) is 0 Å². The van der Waals surface area contributed by atoms with Crippen LogP contribution in [0.25, 0.3) is 0 Å². The van der Waals surface area contributed by atoms with E-state index in [0.717, 1.165) is 36.3 Å². The second-order valence-electron chi connectivity index (χ2n) is 7.17. The standard InChI is InChI=1S/C22H25N5O2/c28-22(25-21-9-2-1-7-19(21)16-27-12-5-11-24-27)26(17-20-8-4-13-29-20)15-18-6-3-10-23-14-18/h1-3,5-7,9-12,14,20H,4,8,13,15-17H2,(H,25,28)/t20-/m1/s1. The van der Waals surface area contributed by atoms with E-state index in [0.29, 0.717) is 19.6 Å². The van der Waals surface area contributed by atoms with Gasteiger partial charge in [-0.25, -0.2) is 4.79 Å². The third-order valence-corrected chi connectivity index (χ3v) is 4.98. The molecule has 1 fully saturated rings. The number of nitrogens with one attached hydrogen (secondary N) is 1. The number of rotatable bonds is 7. The molecule has 3 heterocycles. The Hall–Kier alpha value is -3.19. The molecule has 0 radical (unpaired) electrons. The topological polar surface area (TPSA) is 72.3 Å². The molecule has 1 atom stereocenters. The van der Waals surface area contributed by atoms with Crippen molar-refractivity contribution in [3.05, 3.63) is 78.4 Å². The lowest BCUT2D eigenvalue weighted by molar-refractivity contribution is 0.0819. The van der Waals surface area contributed by atoms with E-state index in [1.807, 2.05) is 53.3 Å². The van der Waals surface area contributed by atoms with Crippen LogP contribution in [-0.2, 0) is 17.8 Å². The number of benzene rings is 1. The second-order valence-corrected chi connectivity index (χ2v) is 7.17. The smallest absolute Gasteiger partial charge is 0.322 e. The molecule has 2 aromatic heterocycles. The molecule has 0 unspecified atom stereocenters. The van der Waals surface area contributed by atoms with Crippen molar-refractivity contribution < 1.29 is 9.53 Å². The molecule has 7 heteroatoms. The zero-order chi connectivity index (χ0) is 19.9. The lowest BCUT2D eigenvalue weighted by Gasteiger charge is -2.26. The largest absolute Gasteiger partial charge is 0.376 e. The zero-order valence-electron chi connectivity index (χ0n) is 16.3. The molecule has 0 aliphatic carbocycles. The van der Waals surface area contributed by atoms with E-state index in [1.165, 1.54) is 0 Å².